The molecule has 22 heavy (non-hydrogen) atoms. The van der Waals surface area contributed by atoms with Gasteiger partial charge in [-0.3, -0.25) is 4.79 Å². The number of rotatable bonds is 5. The minimum absolute atomic E-state index is 0.142. The van der Waals surface area contributed by atoms with Crippen LogP contribution in [0.15, 0.2) is 36.4 Å². The van der Waals surface area contributed by atoms with Crippen LogP contribution in [0.2, 0.25) is 10.0 Å². The molecule has 7 heteroatoms. The van der Waals surface area contributed by atoms with Crippen LogP contribution < -0.4 is 10.6 Å². The highest BCUT2D eigenvalue weighted by atomic mass is 35.5. The standard InChI is InChI=1S/C15H12Cl2F2N2O/c16-9-5-10(17)7-12(6-9)20-4-3-15(22)21-11-1-2-13(18)14(19)8-11/h1-2,5-8,20H,3-4H2,(H,21,22). The first-order chi connectivity index (χ1) is 10.4. The topological polar surface area (TPSA) is 41.1 Å². The highest BCUT2D eigenvalue weighted by molar-refractivity contribution is 6.35. The maximum Gasteiger partial charge on any atom is 0.226 e. The summed E-state index contributed by atoms with van der Waals surface area (Å²) < 4.78 is 25.8. The zero-order chi connectivity index (χ0) is 16.1. The fraction of sp³-hybridized carbons (Fsp3) is 0.133. The highest BCUT2D eigenvalue weighted by Gasteiger charge is 2.06. The Hall–Kier alpha value is -1.85. The van der Waals surface area contributed by atoms with Crippen molar-refractivity contribution in [1.29, 1.82) is 0 Å². The van der Waals surface area contributed by atoms with E-state index in [-0.39, 0.29) is 18.0 Å². The van der Waals surface area contributed by atoms with Crippen molar-refractivity contribution in [2.45, 2.75) is 6.42 Å². The summed E-state index contributed by atoms with van der Waals surface area (Å²) in [6.07, 6.45) is 0.142. The number of benzene rings is 2. The average molecular weight is 345 g/mol. The Morgan fingerprint density at radius 2 is 1.64 bits per heavy atom. The molecule has 0 saturated heterocycles. The lowest BCUT2D eigenvalue weighted by Crippen LogP contribution is -2.16. The second-order valence-electron chi connectivity index (χ2n) is 4.51. The molecule has 1 amide bonds. The summed E-state index contributed by atoms with van der Waals surface area (Å²) >= 11 is 11.7. The molecule has 0 aliphatic rings. The van der Waals surface area contributed by atoms with Gasteiger partial charge in [-0.05, 0) is 30.3 Å². The molecule has 0 atom stereocenters. The summed E-state index contributed by atoms with van der Waals surface area (Å²) in [5.74, 6) is -2.30. The summed E-state index contributed by atoms with van der Waals surface area (Å²) in [5.41, 5.74) is 0.896. The lowest BCUT2D eigenvalue weighted by molar-refractivity contribution is -0.115. The van der Waals surface area contributed by atoms with Gasteiger partial charge in [0.05, 0.1) is 0 Å². The number of halogens is 4. The first-order valence-corrected chi connectivity index (χ1v) is 7.14. The molecule has 0 aliphatic carbocycles. The average Bonchev–Trinajstić information content (AvgIpc) is 2.42. The highest BCUT2D eigenvalue weighted by Crippen LogP contribution is 2.22. The van der Waals surface area contributed by atoms with Crippen molar-refractivity contribution in [2.24, 2.45) is 0 Å². The molecule has 2 N–H and O–H groups in total. The molecule has 0 aromatic heterocycles. The normalized spacial score (nSPS) is 10.4. The molecular formula is C15H12Cl2F2N2O. The molecule has 0 heterocycles. The quantitative estimate of drug-likeness (QED) is 0.824. The van der Waals surface area contributed by atoms with Gasteiger partial charge in [0.2, 0.25) is 5.91 Å². The van der Waals surface area contributed by atoms with Gasteiger partial charge in [0.25, 0.3) is 0 Å². The third kappa shape index (κ3) is 4.86. The predicted octanol–water partition coefficient (Wildman–Crippen LogP) is 4.71. The number of amides is 1. The fourth-order valence-corrected chi connectivity index (χ4v) is 2.30. The number of carbonyl (C=O) groups excluding carboxylic acids is 1. The largest absolute Gasteiger partial charge is 0.384 e. The molecule has 0 bridgehead atoms. The molecule has 2 aromatic carbocycles. The van der Waals surface area contributed by atoms with Crippen LogP contribution in [0.1, 0.15) is 6.42 Å². The minimum Gasteiger partial charge on any atom is -0.384 e. The van der Waals surface area contributed by atoms with E-state index >= 15 is 0 Å². The van der Waals surface area contributed by atoms with Gasteiger partial charge in [-0.25, -0.2) is 8.78 Å². The van der Waals surface area contributed by atoms with Crippen molar-refractivity contribution in [3.8, 4) is 0 Å². The number of hydrogen-bond donors (Lipinski definition) is 2. The zero-order valence-corrected chi connectivity index (χ0v) is 12.8. The van der Waals surface area contributed by atoms with Crippen LogP contribution in [-0.4, -0.2) is 12.5 Å². The molecule has 116 valence electrons. The zero-order valence-electron chi connectivity index (χ0n) is 11.3. The van der Waals surface area contributed by atoms with E-state index in [1.54, 1.807) is 18.2 Å². The summed E-state index contributed by atoms with van der Waals surface area (Å²) in [6, 6.07) is 8.14. The predicted molar refractivity (Wildman–Crippen MR) is 84.6 cm³/mol. The van der Waals surface area contributed by atoms with Crippen LogP contribution in [0, 0.1) is 11.6 Å². The van der Waals surface area contributed by atoms with Gasteiger partial charge < -0.3 is 10.6 Å². The molecule has 0 saturated carbocycles. The van der Waals surface area contributed by atoms with E-state index in [9.17, 15) is 13.6 Å². The lowest BCUT2D eigenvalue weighted by Gasteiger charge is -2.08. The van der Waals surface area contributed by atoms with Gasteiger partial charge in [0.1, 0.15) is 0 Å². The summed E-state index contributed by atoms with van der Waals surface area (Å²) in [6.45, 7) is 0.339. The molecule has 0 aliphatic heterocycles. The van der Waals surface area contributed by atoms with Crippen molar-refractivity contribution < 1.29 is 13.6 Å². The fourth-order valence-electron chi connectivity index (χ4n) is 1.77. The van der Waals surface area contributed by atoms with E-state index in [1.807, 2.05) is 0 Å². The molecule has 2 aromatic rings. The number of nitrogens with one attached hydrogen (secondary N) is 2. The van der Waals surface area contributed by atoms with Crippen LogP contribution in [0.5, 0.6) is 0 Å². The Labute approximate surface area is 136 Å². The molecule has 3 nitrogen and oxygen atoms in total. The molecular weight excluding hydrogens is 333 g/mol. The Balaban J connectivity index is 1.83. The van der Waals surface area contributed by atoms with Gasteiger partial charge in [0, 0.05) is 40.5 Å². The van der Waals surface area contributed by atoms with Crippen LogP contribution in [0.3, 0.4) is 0 Å². The van der Waals surface area contributed by atoms with Crippen LogP contribution >= 0.6 is 23.2 Å². The number of carbonyl (C=O) groups is 1. The maximum atomic E-state index is 13.0. The summed E-state index contributed by atoms with van der Waals surface area (Å²) in [7, 11) is 0. The molecule has 0 unspecified atom stereocenters. The molecule has 0 spiro atoms. The van der Waals surface area contributed by atoms with E-state index in [0.717, 1.165) is 12.1 Å². The van der Waals surface area contributed by atoms with Crippen molar-refractivity contribution in [2.75, 3.05) is 17.2 Å². The van der Waals surface area contributed by atoms with Crippen molar-refractivity contribution in [3.05, 3.63) is 58.1 Å². The van der Waals surface area contributed by atoms with Crippen molar-refractivity contribution in [3.63, 3.8) is 0 Å². The second kappa shape index (κ2) is 7.42. The van der Waals surface area contributed by atoms with E-state index in [4.69, 9.17) is 23.2 Å². The Bertz CT molecular complexity index is 675. The van der Waals surface area contributed by atoms with Gasteiger partial charge in [0.15, 0.2) is 11.6 Å². The van der Waals surface area contributed by atoms with E-state index in [0.29, 0.717) is 22.3 Å². The molecule has 2 rings (SSSR count). The number of anilines is 2. The van der Waals surface area contributed by atoms with E-state index < -0.39 is 11.6 Å². The van der Waals surface area contributed by atoms with E-state index in [2.05, 4.69) is 10.6 Å². The second-order valence-corrected chi connectivity index (χ2v) is 5.38. The van der Waals surface area contributed by atoms with Crippen LogP contribution in [0.4, 0.5) is 20.2 Å². The first kappa shape index (κ1) is 16.5. The third-order valence-electron chi connectivity index (χ3n) is 2.75. The van der Waals surface area contributed by atoms with Crippen LogP contribution in [-0.2, 0) is 4.79 Å². The van der Waals surface area contributed by atoms with Gasteiger partial charge in [-0.1, -0.05) is 23.2 Å². The minimum atomic E-state index is -1.01. The Kier molecular flexibility index (Phi) is 5.57. The van der Waals surface area contributed by atoms with Gasteiger partial charge >= 0.3 is 0 Å². The lowest BCUT2D eigenvalue weighted by atomic mass is 10.2. The third-order valence-corrected chi connectivity index (χ3v) is 3.18. The number of hydrogen-bond acceptors (Lipinski definition) is 2. The summed E-state index contributed by atoms with van der Waals surface area (Å²) in [4.78, 5) is 11.7. The SMILES string of the molecule is O=C(CCNc1cc(Cl)cc(Cl)c1)Nc1ccc(F)c(F)c1. The van der Waals surface area contributed by atoms with Crippen LogP contribution in [0.25, 0.3) is 0 Å². The smallest absolute Gasteiger partial charge is 0.226 e. The summed E-state index contributed by atoms with van der Waals surface area (Å²) in [5, 5.41) is 6.46. The van der Waals surface area contributed by atoms with E-state index in [1.165, 1.54) is 6.07 Å². The van der Waals surface area contributed by atoms with Gasteiger partial charge in [-0.15, -0.1) is 0 Å². The maximum absolute atomic E-state index is 13.0. The van der Waals surface area contributed by atoms with Crippen molar-refractivity contribution >= 4 is 40.5 Å². The molecule has 0 fully saturated rings. The molecule has 0 radical (unpaired) electrons. The van der Waals surface area contributed by atoms with Gasteiger partial charge in [-0.2, -0.15) is 0 Å². The Morgan fingerprint density at radius 1 is 0.955 bits per heavy atom. The Morgan fingerprint density at radius 3 is 2.27 bits per heavy atom. The first-order valence-electron chi connectivity index (χ1n) is 6.39. The monoisotopic (exact) mass is 344 g/mol. The van der Waals surface area contributed by atoms with Crippen molar-refractivity contribution in [1.82, 2.24) is 0 Å².